The minimum Gasteiger partial charge on any atom is -0.460 e. The van der Waals surface area contributed by atoms with Crippen molar-refractivity contribution in [3.8, 4) is 0 Å². The fourth-order valence-electron chi connectivity index (χ4n) is 3.93. The maximum absolute atomic E-state index is 13.7. The predicted molar refractivity (Wildman–Crippen MR) is 148 cm³/mol. The molecule has 2 atom stereocenters. The summed E-state index contributed by atoms with van der Waals surface area (Å²) in [5, 5.41) is 20.6. The average molecular weight is 583 g/mol. The molecule has 1 aliphatic rings. The molecule has 1 aromatic heterocycles. The van der Waals surface area contributed by atoms with Crippen LogP contribution in [-0.4, -0.2) is 104 Å². The van der Waals surface area contributed by atoms with E-state index in [0.29, 0.717) is 0 Å². The molecule has 0 spiro atoms. The van der Waals surface area contributed by atoms with Crippen LogP contribution in [0.3, 0.4) is 0 Å². The zero-order chi connectivity index (χ0) is 31.2. The van der Waals surface area contributed by atoms with Crippen LogP contribution in [0.2, 0.25) is 0 Å². The maximum atomic E-state index is 13.7. The summed E-state index contributed by atoms with van der Waals surface area (Å²) >= 11 is 0. The second-order valence-corrected chi connectivity index (χ2v) is 12.9. The molecule has 1 aromatic rings. The topological polar surface area (TPSA) is 165 Å². The molecule has 14 heteroatoms. The summed E-state index contributed by atoms with van der Waals surface area (Å²) in [7, 11) is 0. The Morgan fingerprint density at radius 3 is 1.93 bits per heavy atom. The molecule has 2 N–H and O–H groups in total. The zero-order valence-electron chi connectivity index (χ0n) is 25.7. The largest absolute Gasteiger partial charge is 0.460 e. The molecule has 14 nitrogen and oxygen atoms in total. The van der Waals surface area contributed by atoms with E-state index >= 15 is 0 Å². The molecule has 1 saturated heterocycles. The number of carbonyl (C=O) groups is 4. The second-order valence-electron chi connectivity index (χ2n) is 12.9. The number of rotatable bonds is 8. The summed E-state index contributed by atoms with van der Waals surface area (Å²) in [6, 6.07) is -1.85. The van der Waals surface area contributed by atoms with Crippen molar-refractivity contribution in [1.82, 2.24) is 30.1 Å². The van der Waals surface area contributed by atoms with E-state index in [-0.39, 0.29) is 50.6 Å². The first-order valence-electron chi connectivity index (χ1n) is 13.8. The number of nitrogens with zero attached hydrogens (tertiary/aromatic N) is 5. The molecule has 0 aromatic carbocycles. The van der Waals surface area contributed by atoms with Gasteiger partial charge in [-0.15, -0.1) is 5.10 Å². The number of alkyl carbamates (subject to hydrolysis) is 1. The minimum atomic E-state index is -0.933. The number of amides is 3. The van der Waals surface area contributed by atoms with Gasteiger partial charge in [-0.05, 0) is 68.7 Å². The number of aliphatic hydroxyl groups excluding tert-OH is 1. The van der Waals surface area contributed by atoms with Crippen LogP contribution in [0.4, 0.5) is 9.59 Å². The lowest BCUT2D eigenvalue weighted by atomic mass is 10.1. The van der Waals surface area contributed by atoms with Gasteiger partial charge < -0.3 is 34.4 Å². The molecule has 3 amide bonds. The first-order chi connectivity index (χ1) is 18.8. The first-order valence-corrected chi connectivity index (χ1v) is 13.8. The number of ether oxygens (including phenoxy) is 3. The molecule has 0 bridgehead atoms. The maximum Gasteiger partial charge on any atom is 0.410 e. The van der Waals surface area contributed by atoms with Gasteiger partial charge in [0.25, 0.3) is 0 Å². The Bertz CT molecular complexity index is 1060. The number of carbonyl (C=O) groups excluding carboxylic acids is 4. The van der Waals surface area contributed by atoms with Gasteiger partial charge in [0.15, 0.2) is 0 Å². The third kappa shape index (κ3) is 11.5. The van der Waals surface area contributed by atoms with E-state index in [1.54, 1.807) is 72.1 Å². The summed E-state index contributed by atoms with van der Waals surface area (Å²) in [6.07, 6.45) is 0.283. The fraction of sp³-hybridized carbons (Fsp3) is 0.778. The Hall–Kier alpha value is -3.42. The van der Waals surface area contributed by atoms with Crippen LogP contribution < -0.4 is 5.32 Å². The van der Waals surface area contributed by atoms with E-state index in [1.165, 1.54) is 10.9 Å². The van der Waals surface area contributed by atoms with Gasteiger partial charge in [0, 0.05) is 32.6 Å². The van der Waals surface area contributed by atoms with E-state index < -0.39 is 53.6 Å². The van der Waals surface area contributed by atoms with Crippen LogP contribution in [0.5, 0.6) is 0 Å². The Morgan fingerprint density at radius 2 is 1.41 bits per heavy atom. The molecule has 0 unspecified atom stereocenters. The highest BCUT2D eigenvalue weighted by Gasteiger charge is 2.33. The van der Waals surface area contributed by atoms with E-state index in [1.807, 2.05) is 0 Å². The van der Waals surface area contributed by atoms with Crippen molar-refractivity contribution in [2.75, 3.05) is 32.8 Å². The summed E-state index contributed by atoms with van der Waals surface area (Å²) in [6.45, 7) is 16.4. The number of hydrogen-bond acceptors (Lipinski definition) is 10. The Morgan fingerprint density at radius 1 is 0.878 bits per heavy atom. The number of esters is 1. The molecular weight excluding hydrogens is 536 g/mol. The van der Waals surface area contributed by atoms with Crippen molar-refractivity contribution in [2.24, 2.45) is 0 Å². The number of nitrogens with one attached hydrogen (secondary N) is 1. The van der Waals surface area contributed by atoms with Gasteiger partial charge in [0.05, 0.1) is 12.8 Å². The molecular formula is C27H46N6O8. The smallest absolute Gasteiger partial charge is 0.410 e. The second kappa shape index (κ2) is 13.5. The molecule has 0 aliphatic carbocycles. The van der Waals surface area contributed by atoms with Crippen LogP contribution in [0.1, 0.15) is 92.9 Å². The van der Waals surface area contributed by atoms with Crippen molar-refractivity contribution in [1.29, 1.82) is 0 Å². The molecule has 41 heavy (non-hydrogen) atoms. The van der Waals surface area contributed by atoms with Gasteiger partial charge in [-0.3, -0.25) is 9.59 Å². The number of aliphatic hydroxyl groups is 1. The van der Waals surface area contributed by atoms with E-state index in [9.17, 15) is 24.3 Å². The van der Waals surface area contributed by atoms with Crippen LogP contribution in [0, 0.1) is 0 Å². The summed E-state index contributed by atoms with van der Waals surface area (Å²) < 4.78 is 17.4. The minimum absolute atomic E-state index is 0.0552. The standard InChI is InChI=1S/C27H46N6O8/c1-25(2,3)39-21(35)11-10-20(22(36)31-12-14-32(15-13-31)24(38)41-27(7,8)9)33-16-18(29-30-33)19(17-34)28-23(37)40-26(4,5)6/h16,19-20,34H,10-15,17H2,1-9H3,(H,28,37)/t19-,20-/m0/s1. The van der Waals surface area contributed by atoms with E-state index in [4.69, 9.17) is 14.2 Å². The predicted octanol–water partition coefficient (Wildman–Crippen LogP) is 2.58. The summed E-state index contributed by atoms with van der Waals surface area (Å²) in [4.78, 5) is 54.0. The molecule has 232 valence electrons. The van der Waals surface area contributed by atoms with Gasteiger partial charge in [-0.2, -0.15) is 0 Å². The average Bonchev–Trinajstić information content (AvgIpc) is 3.29. The summed E-state index contributed by atoms with van der Waals surface area (Å²) in [5.41, 5.74) is -1.85. The van der Waals surface area contributed by atoms with Gasteiger partial charge in [-0.25, -0.2) is 14.3 Å². The molecule has 2 rings (SSSR count). The van der Waals surface area contributed by atoms with Crippen LogP contribution >= 0.6 is 0 Å². The Labute approximate surface area is 241 Å². The Kier molecular flexibility index (Phi) is 11.1. The third-order valence-electron chi connectivity index (χ3n) is 5.65. The number of piperazine rings is 1. The molecule has 1 aliphatic heterocycles. The SMILES string of the molecule is CC(C)(C)OC(=O)CC[C@@H](C(=O)N1CCN(C(=O)OC(C)(C)C)CC1)n1cc([C@H](CO)NC(=O)OC(C)(C)C)nn1. The lowest BCUT2D eigenvalue weighted by molar-refractivity contribution is -0.155. The zero-order valence-corrected chi connectivity index (χ0v) is 25.7. The van der Waals surface area contributed by atoms with Crippen LogP contribution in [0.25, 0.3) is 0 Å². The van der Waals surface area contributed by atoms with Gasteiger partial charge in [0.2, 0.25) is 5.91 Å². The lowest BCUT2D eigenvalue weighted by Gasteiger charge is -2.37. The number of aromatic nitrogens is 3. The van der Waals surface area contributed by atoms with Crippen molar-refractivity contribution < 1.29 is 38.5 Å². The van der Waals surface area contributed by atoms with Crippen molar-refractivity contribution in [3.05, 3.63) is 11.9 Å². The van der Waals surface area contributed by atoms with Gasteiger partial charge >= 0.3 is 18.2 Å². The fourth-order valence-corrected chi connectivity index (χ4v) is 3.93. The molecule has 0 radical (unpaired) electrons. The third-order valence-corrected chi connectivity index (χ3v) is 5.65. The van der Waals surface area contributed by atoms with Crippen molar-refractivity contribution in [3.63, 3.8) is 0 Å². The highest BCUT2D eigenvalue weighted by molar-refractivity contribution is 5.81. The molecule has 1 fully saturated rings. The quantitative estimate of drug-likeness (QED) is 0.344. The lowest BCUT2D eigenvalue weighted by Crippen LogP contribution is -2.53. The van der Waals surface area contributed by atoms with E-state index in [0.717, 1.165) is 0 Å². The van der Waals surface area contributed by atoms with E-state index in [2.05, 4.69) is 15.6 Å². The first kappa shape index (κ1) is 33.8. The highest BCUT2D eigenvalue weighted by Crippen LogP contribution is 2.22. The molecule has 2 heterocycles. The summed E-state index contributed by atoms with van der Waals surface area (Å²) in [5.74, 6) is -0.778. The van der Waals surface area contributed by atoms with Crippen molar-refractivity contribution >= 4 is 24.1 Å². The Balaban J connectivity index is 2.20. The monoisotopic (exact) mass is 582 g/mol. The van der Waals surface area contributed by atoms with Gasteiger partial charge in [-0.1, -0.05) is 5.21 Å². The normalized spacial score (nSPS) is 16.0. The number of hydrogen-bond donors (Lipinski definition) is 2. The van der Waals surface area contributed by atoms with Crippen LogP contribution in [0.15, 0.2) is 6.20 Å². The van der Waals surface area contributed by atoms with Crippen LogP contribution in [-0.2, 0) is 23.8 Å². The van der Waals surface area contributed by atoms with Gasteiger partial charge in [0.1, 0.15) is 34.6 Å². The highest BCUT2D eigenvalue weighted by atomic mass is 16.6. The molecule has 0 saturated carbocycles. The van der Waals surface area contributed by atoms with Crippen molar-refractivity contribution in [2.45, 2.75) is 104 Å².